The summed E-state index contributed by atoms with van der Waals surface area (Å²) in [5, 5.41) is 1.01. The van der Waals surface area contributed by atoms with Crippen LogP contribution in [0.25, 0.3) is 0 Å². The quantitative estimate of drug-likeness (QED) is 0.574. The van der Waals surface area contributed by atoms with E-state index < -0.39 is 0 Å². The minimum Gasteiger partial charge on any atom is -0.399 e. The molecule has 0 aliphatic heterocycles. The summed E-state index contributed by atoms with van der Waals surface area (Å²) in [7, 11) is 4.26. The number of nitrogen functional groups attached to an aromatic ring is 1. The lowest BCUT2D eigenvalue weighted by Crippen LogP contribution is -2.02. The molecular weight excluding hydrogens is 283 g/mol. The summed E-state index contributed by atoms with van der Waals surface area (Å²) in [6.45, 7) is 4.03. The van der Waals surface area contributed by atoms with Gasteiger partial charge in [0.25, 0.3) is 0 Å². The van der Waals surface area contributed by atoms with Gasteiger partial charge in [-0.1, -0.05) is 6.07 Å². The summed E-state index contributed by atoms with van der Waals surface area (Å²) < 4.78 is 0. The number of benzene rings is 1. The van der Waals surface area contributed by atoms with Gasteiger partial charge in [-0.2, -0.15) is 0 Å². The molecule has 0 saturated carbocycles. The molecule has 0 spiro atoms. The van der Waals surface area contributed by atoms with Crippen molar-refractivity contribution in [1.82, 2.24) is 0 Å². The van der Waals surface area contributed by atoms with Gasteiger partial charge in [-0.15, -0.1) is 49.6 Å². The van der Waals surface area contributed by atoms with Crippen molar-refractivity contribution in [3.05, 3.63) is 23.3 Å². The van der Waals surface area contributed by atoms with Crippen LogP contribution in [0.15, 0.2) is 12.1 Å². The minimum absolute atomic E-state index is 0. The molecule has 0 fully saturated rings. The number of hydrogen-bond donors (Lipinski definition) is 1. The van der Waals surface area contributed by atoms with Gasteiger partial charge in [-0.25, -0.2) is 0 Å². The number of anilines is 1. The Morgan fingerprint density at radius 1 is 0.929 bits per heavy atom. The van der Waals surface area contributed by atoms with E-state index in [1.165, 1.54) is 5.56 Å². The third-order valence-electron chi connectivity index (χ3n) is 1.80. The highest BCUT2D eigenvalue weighted by Crippen LogP contribution is 2.13. The third-order valence-corrected chi connectivity index (χ3v) is 2.28. The van der Waals surface area contributed by atoms with Gasteiger partial charge in [0.1, 0.15) is 0 Å². The van der Waals surface area contributed by atoms with Crippen LogP contribution in [0.2, 0.25) is 0 Å². The van der Waals surface area contributed by atoms with Gasteiger partial charge in [0, 0.05) is 5.69 Å². The Morgan fingerprint density at radius 3 is 1.71 bits per heavy atom. The van der Waals surface area contributed by atoms with Gasteiger partial charge in [-0.05, 0) is 45.6 Å². The molecule has 0 saturated heterocycles. The van der Waals surface area contributed by atoms with E-state index in [0.717, 1.165) is 16.6 Å². The molecule has 14 heavy (non-hydrogen) atoms. The standard InChI is InChI=1S/C8H10NP.4ClH/c1-5-6(2)8(10)4-3-7(5)9;;;;/h3-4H,9H2,1-2H3;4*1H. The second-order valence-electron chi connectivity index (χ2n) is 2.42. The Morgan fingerprint density at radius 2 is 1.36 bits per heavy atom. The van der Waals surface area contributed by atoms with Crippen molar-refractivity contribution < 1.29 is 0 Å². The first-order valence-corrected chi connectivity index (χ1v) is 3.62. The Kier molecular flexibility index (Phi) is 17.4. The zero-order chi connectivity index (χ0) is 7.72. The van der Waals surface area contributed by atoms with Gasteiger partial charge in [0.2, 0.25) is 0 Å². The van der Waals surface area contributed by atoms with Crippen molar-refractivity contribution >= 4 is 69.9 Å². The molecule has 1 nitrogen and oxygen atoms in total. The van der Waals surface area contributed by atoms with E-state index in [1.54, 1.807) is 0 Å². The van der Waals surface area contributed by atoms with Crippen molar-refractivity contribution in [2.75, 3.05) is 5.73 Å². The summed E-state index contributed by atoms with van der Waals surface area (Å²) in [6.07, 6.45) is 0. The predicted molar refractivity (Wildman–Crippen MR) is 75.9 cm³/mol. The first-order chi connectivity index (χ1) is 4.63. The monoisotopic (exact) mass is 295 g/mol. The van der Waals surface area contributed by atoms with E-state index in [4.69, 9.17) is 5.73 Å². The highest BCUT2D eigenvalue weighted by molar-refractivity contribution is 7.27. The average molecular weight is 297 g/mol. The van der Waals surface area contributed by atoms with Crippen molar-refractivity contribution in [3.8, 4) is 0 Å². The van der Waals surface area contributed by atoms with Crippen molar-refractivity contribution in [2.45, 2.75) is 13.8 Å². The molecule has 1 rings (SSSR count). The Bertz CT molecular complexity index is 241. The van der Waals surface area contributed by atoms with Crippen LogP contribution in [0.4, 0.5) is 5.69 Å². The molecule has 6 heteroatoms. The topological polar surface area (TPSA) is 26.0 Å². The fourth-order valence-corrected chi connectivity index (χ4v) is 1.07. The fraction of sp³-hybridized carbons (Fsp3) is 0.250. The highest BCUT2D eigenvalue weighted by atomic mass is 35.5. The second-order valence-corrected chi connectivity index (χ2v) is 2.91. The summed E-state index contributed by atoms with van der Waals surface area (Å²) in [6, 6.07) is 3.80. The van der Waals surface area contributed by atoms with Gasteiger partial charge < -0.3 is 5.73 Å². The molecule has 2 radical (unpaired) electrons. The summed E-state index contributed by atoms with van der Waals surface area (Å²) >= 11 is 0. The Balaban J connectivity index is -0.000000125. The maximum Gasteiger partial charge on any atom is 0.0346 e. The molecule has 0 atom stereocenters. The fourth-order valence-electron chi connectivity index (χ4n) is 0.827. The molecule has 1 aromatic rings. The lowest BCUT2D eigenvalue weighted by molar-refractivity contribution is 1.37. The van der Waals surface area contributed by atoms with Crippen LogP contribution in [0.5, 0.6) is 0 Å². The molecule has 0 aliphatic carbocycles. The Hall–Kier alpha value is 0.610. The second kappa shape index (κ2) is 10.1. The van der Waals surface area contributed by atoms with Crippen LogP contribution in [-0.4, -0.2) is 0 Å². The van der Waals surface area contributed by atoms with Crippen LogP contribution >= 0.6 is 58.9 Å². The number of hydrogen-bond acceptors (Lipinski definition) is 1. The lowest BCUT2D eigenvalue weighted by Gasteiger charge is -2.05. The van der Waals surface area contributed by atoms with Gasteiger partial charge in [0.05, 0.1) is 0 Å². The molecule has 0 bridgehead atoms. The number of halogens is 4. The van der Waals surface area contributed by atoms with Crippen molar-refractivity contribution in [1.29, 1.82) is 0 Å². The molecule has 0 heterocycles. The normalized spacial score (nSPS) is 7.07. The third kappa shape index (κ3) is 5.48. The van der Waals surface area contributed by atoms with E-state index >= 15 is 0 Å². The molecule has 0 aromatic heterocycles. The van der Waals surface area contributed by atoms with Crippen LogP contribution in [0, 0.1) is 13.8 Å². The summed E-state index contributed by atoms with van der Waals surface area (Å²) in [5.74, 6) is 0. The SMILES string of the molecule is Cc1c(N)ccc([P])c1C.Cl.Cl.Cl.Cl. The van der Waals surface area contributed by atoms with Crippen LogP contribution in [0.3, 0.4) is 0 Å². The molecule has 0 unspecified atom stereocenters. The molecule has 1 aromatic carbocycles. The lowest BCUT2D eigenvalue weighted by atomic mass is 10.1. The summed E-state index contributed by atoms with van der Waals surface area (Å²) in [4.78, 5) is 0. The van der Waals surface area contributed by atoms with E-state index in [9.17, 15) is 0 Å². The largest absolute Gasteiger partial charge is 0.399 e. The molecule has 84 valence electrons. The number of rotatable bonds is 0. The smallest absolute Gasteiger partial charge is 0.0346 e. The Labute approximate surface area is 112 Å². The first-order valence-electron chi connectivity index (χ1n) is 3.17. The highest BCUT2D eigenvalue weighted by Gasteiger charge is 1.99. The van der Waals surface area contributed by atoms with Gasteiger partial charge in [-0.3, -0.25) is 0 Å². The van der Waals surface area contributed by atoms with Gasteiger partial charge >= 0.3 is 0 Å². The zero-order valence-electron chi connectivity index (χ0n) is 7.81. The van der Waals surface area contributed by atoms with Crippen LogP contribution in [-0.2, 0) is 0 Å². The van der Waals surface area contributed by atoms with Gasteiger partial charge in [0.15, 0.2) is 0 Å². The minimum atomic E-state index is 0. The van der Waals surface area contributed by atoms with Crippen molar-refractivity contribution in [3.63, 3.8) is 0 Å². The maximum atomic E-state index is 5.66. The van der Waals surface area contributed by atoms with Crippen molar-refractivity contribution in [2.24, 2.45) is 0 Å². The van der Waals surface area contributed by atoms with E-state index in [-0.39, 0.29) is 49.6 Å². The van der Waals surface area contributed by atoms with Crippen LogP contribution < -0.4 is 11.0 Å². The van der Waals surface area contributed by atoms with E-state index in [1.807, 2.05) is 26.0 Å². The number of nitrogens with two attached hydrogens (primary N) is 1. The zero-order valence-corrected chi connectivity index (χ0v) is 12.0. The molecule has 0 amide bonds. The maximum absolute atomic E-state index is 5.66. The van der Waals surface area contributed by atoms with Crippen LogP contribution in [0.1, 0.15) is 11.1 Å². The average Bonchev–Trinajstić information content (AvgIpc) is 1.93. The summed E-state index contributed by atoms with van der Waals surface area (Å²) in [5.41, 5.74) is 8.80. The van der Waals surface area contributed by atoms with E-state index in [0.29, 0.717) is 0 Å². The molecule has 2 N–H and O–H groups in total. The van der Waals surface area contributed by atoms with E-state index in [2.05, 4.69) is 9.24 Å². The molecule has 0 aliphatic rings. The molecular formula is C8H14Cl4NP. The predicted octanol–water partition coefficient (Wildman–Crippen LogP) is 3.61. The first kappa shape index (κ1) is 24.0.